The summed E-state index contributed by atoms with van der Waals surface area (Å²) in [5, 5.41) is 12.0. The quantitative estimate of drug-likeness (QED) is 0.804. The summed E-state index contributed by atoms with van der Waals surface area (Å²) < 4.78 is 5.63. The van der Waals surface area contributed by atoms with Crippen LogP contribution in [0.4, 0.5) is 0 Å². The predicted molar refractivity (Wildman–Crippen MR) is 57.3 cm³/mol. The maximum atomic E-state index is 8.88. The van der Waals surface area contributed by atoms with Crippen LogP contribution >= 0.6 is 0 Å². The Labute approximate surface area is 89.7 Å². The minimum atomic E-state index is 0.344. The first-order valence-corrected chi connectivity index (χ1v) is 5.11. The number of benzene rings is 1. The van der Waals surface area contributed by atoms with Gasteiger partial charge in [0.1, 0.15) is 0 Å². The van der Waals surface area contributed by atoms with E-state index in [0.29, 0.717) is 12.7 Å². The molecule has 3 heteroatoms. The van der Waals surface area contributed by atoms with Gasteiger partial charge in [-0.1, -0.05) is 12.1 Å². The van der Waals surface area contributed by atoms with Crippen molar-refractivity contribution in [1.82, 2.24) is 5.32 Å². The van der Waals surface area contributed by atoms with E-state index < -0.39 is 0 Å². The van der Waals surface area contributed by atoms with Crippen molar-refractivity contribution in [2.75, 3.05) is 13.1 Å². The SMILES string of the molecule is Cc1ccc(COC2CNC2)cc1C#N. The molecule has 1 aromatic rings. The van der Waals surface area contributed by atoms with Gasteiger partial charge in [-0.05, 0) is 24.1 Å². The molecule has 0 saturated carbocycles. The second-order valence-corrected chi connectivity index (χ2v) is 3.85. The fraction of sp³-hybridized carbons (Fsp3) is 0.417. The molecule has 0 aromatic heterocycles. The summed E-state index contributed by atoms with van der Waals surface area (Å²) in [5.74, 6) is 0. The second kappa shape index (κ2) is 4.43. The van der Waals surface area contributed by atoms with Gasteiger partial charge < -0.3 is 10.1 Å². The van der Waals surface area contributed by atoms with E-state index in [0.717, 1.165) is 29.8 Å². The smallest absolute Gasteiger partial charge is 0.0994 e. The molecule has 3 nitrogen and oxygen atoms in total. The zero-order valence-electron chi connectivity index (χ0n) is 8.79. The van der Waals surface area contributed by atoms with Gasteiger partial charge in [0.2, 0.25) is 0 Å². The number of nitrogens with one attached hydrogen (secondary N) is 1. The van der Waals surface area contributed by atoms with E-state index in [-0.39, 0.29) is 0 Å². The van der Waals surface area contributed by atoms with Crippen LogP contribution in [0, 0.1) is 18.3 Å². The first kappa shape index (κ1) is 10.2. The zero-order chi connectivity index (χ0) is 10.7. The Hall–Kier alpha value is -1.37. The molecular formula is C12H14N2O. The summed E-state index contributed by atoms with van der Waals surface area (Å²) in [5.41, 5.74) is 2.83. The lowest BCUT2D eigenvalue weighted by Gasteiger charge is -2.27. The summed E-state index contributed by atoms with van der Waals surface area (Å²) in [4.78, 5) is 0. The van der Waals surface area contributed by atoms with E-state index in [1.165, 1.54) is 0 Å². The highest BCUT2D eigenvalue weighted by molar-refractivity contribution is 5.39. The Morgan fingerprint density at radius 3 is 2.93 bits per heavy atom. The molecule has 1 aliphatic heterocycles. The lowest BCUT2D eigenvalue weighted by molar-refractivity contribution is 0.00757. The second-order valence-electron chi connectivity index (χ2n) is 3.85. The van der Waals surface area contributed by atoms with Crippen LogP contribution < -0.4 is 5.32 Å². The van der Waals surface area contributed by atoms with Crippen LogP contribution in [0.25, 0.3) is 0 Å². The van der Waals surface area contributed by atoms with Crippen LogP contribution in [-0.4, -0.2) is 19.2 Å². The first-order valence-electron chi connectivity index (χ1n) is 5.11. The molecule has 2 rings (SSSR count). The van der Waals surface area contributed by atoms with E-state index in [2.05, 4.69) is 11.4 Å². The molecule has 0 amide bonds. The topological polar surface area (TPSA) is 45.0 Å². The molecule has 1 saturated heterocycles. The van der Waals surface area contributed by atoms with Gasteiger partial charge in [-0.25, -0.2) is 0 Å². The van der Waals surface area contributed by atoms with Gasteiger partial charge in [-0.15, -0.1) is 0 Å². The number of hydrogen-bond donors (Lipinski definition) is 1. The molecule has 0 radical (unpaired) electrons. The van der Waals surface area contributed by atoms with Crippen molar-refractivity contribution in [3.63, 3.8) is 0 Å². The highest BCUT2D eigenvalue weighted by Gasteiger charge is 2.16. The van der Waals surface area contributed by atoms with Gasteiger partial charge in [0.25, 0.3) is 0 Å². The monoisotopic (exact) mass is 202 g/mol. The molecule has 0 unspecified atom stereocenters. The van der Waals surface area contributed by atoms with Crippen molar-refractivity contribution < 1.29 is 4.74 Å². The predicted octanol–water partition coefficient (Wildman–Crippen LogP) is 1.36. The standard InChI is InChI=1S/C12H14N2O/c1-9-2-3-10(4-11(9)5-13)8-15-12-6-14-7-12/h2-4,12,14H,6-8H2,1H3. The Morgan fingerprint density at radius 1 is 1.53 bits per heavy atom. The fourth-order valence-electron chi connectivity index (χ4n) is 1.47. The van der Waals surface area contributed by atoms with Gasteiger partial charge in [0.15, 0.2) is 0 Å². The third-order valence-electron chi connectivity index (χ3n) is 2.65. The molecule has 1 heterocycles. The van der Waals surface area contributed by atoms with Crippen molar-refractivity contribution in [3.05, 3.63) is 34.9 Å². The highest BCUT2D eigenvalue weighted by atomic mass is 16.5. The average molecular weight is 202 g/mol. The molecular weight excluding hydrogens is 188 g/mol. The van der Waals surface area contributed by atoms with Crippen LogP contribution in [0.5, 0.6) is 0 Å². The molecule has 1 fully saturated rings. The number of hydrogen-bond acceptors (Lipinski definition) is 3. The molecule has 1 N–H and O–H groups in total. The van der Waals surface area contributed by atoms with E-state index in [9.17, 15) is 0 Å². The highest BCUT2D eigenvalue weighted by Crippen LogP contribution is 2.12. The summed E-state index contributed by atoms with van der Waals surface area (Å²) in [6, 6.07) is 8.07. The number of nitriles is 1. The molecule has 1 aromatic carbocycles. The zero-order valence-corrected chi connectivity index (χ0v) is 8.79. The van der Waals surface area contributed by atoms with Gasteiger partial charge in [-0.3, -0.25) is 0 Å². The Bertz CT molecular complexity index is 391. The normalized spacial score (nSPS) is 15.7. The maximum absolute atomic E-state index is 8.88. The van der Waals surface area contributed by atoms with Crippen LogP contribution in [0.2, 0.25) is 0 Å². The Balaban J connectivity index is 1.99. The van der Waals surface area contributed by atoms with Crippen LogP contribution in [0.1, 0.15) is 16.7 Å². The molecule has 78 valence electrons. The first-order chi connectivity index (χ1) is 7.29. The maximum Gasteiger partial charge on any atom is 0.0994 e. The van der Waals surface area contributed by atoms with Gasteiger partial charge >= 0.3 is 0 Å². The molecule has 15 heavy (non-hydrogen) atoms. The van der Waals surface area contributed by atoms with Gasteiger partial charge in [0.05, 0.1) is 24.3 Å². The van der Waals surface area contributed by atoms with Crippen molar-refractivity contribution in [1.29, 1.82) is 5.26 Å². The number of aryl methyl sites for hydroxylation is 1. The molecule has 0 bridgehead atoms. The average Bonchev–Trinajstić information content (AvgIpc) is 2.18. The summed E-state index contributed by atoms with van der Waals surface area (Å²) in [6.45, 7) is 4.42. The van der Waals surface area contributed by atoms with Crippen molar-refractivity contribution in [3.8, 4) is 6.07 Å². The van der Waals surface area contributed by atoms with E-state index in [4.69, 9.17) is 10.00 Å². The van der Waals surface area contributed by atoms with Crippen molar-refractivity contribution >= 4 is 0 Å². The molecule has 1 aliphatic rings. The van der Waals surface area contributed by atoms with Crippen LogP contribution in [0.3, 0.4) is 0 Å². The third kappa shape index (κ3) is 2.35. The third-order valence-corrected chi connectivity index (χ3v) is 2.65. The minimum Gasteiger partial charge on any atom is -0.371 e. The lowest BCUT2D eigenvalue weighted by atomic mass is 10.1. The lowest BCUT2D eigenvalue weighted by Crippen LogP contribution is -2.48. The minimum absolute atomic E-state index is 0.344. The van der Waals surface area contributed by atoms with Crippen molar-refractivity contribution in [2.24, 2.45) is 0 Å². The summed E-state index contributed by atoms with van der Waals surface area (Å²) in [6.07, 6.45) is 0.344. The number of rotatable bonds is 3. The largest absolute Gasteiger partial charge is 0.371 e. The summed E-state index contributed by atoms with van der Waals surface area (Å²) in [7, 11) is 0. The van der Waals surface area contributed by atoms with Gasteiger partial charge in [0, 0.05) is 13.1 Å². The van der Waals surface area contributed by atoms with Crippen molar-refractivity contribution in [2.45, 2.75) is 19.6 Å². The van der Waals surface area contributed by atoms with Crippen LogP contribution in [0.15, 0.2) is 18.2 Å². The van der Waals surface area contributed by atoms with Gasteiger partial charge in [-0.2, -0.15) is 5.26 Å². The number of ether oxygens (including phenoxy) is 1. The number of nitrogens with zero attached hydrogens (tertiary/aromatic N) is 1. The van der Waals surface area contributed by atoms with Crippen LogP contribution in [-0.2, 0) is 11.3 Å². The Morgan fingerprint density at radius 2 is 2.33 bits per heavy atom. The van der Waals surface area contributed by atoms with E-state index >= 15 is 0 Å². The Kier molecular flexibility index (Phi) is 3.00. The fourth-order valence-corrected chi connectivity index (χ4v) is 1.47. The summed E-state index contributed by atoms with van der Waals surface area (Å²) >= 11 is 0. The molecule has 0 aliphatic carbocycles. The molecule has 0 atom stereocenters. The van der Waals surface area contributed by atoms with E-state index in [1.54, 1.807) is 0 Å². The van der Waals surface area contributed by atoms with E-state index in [1.807, 2.05) is 25.1 Å². The molecule has 0 spiro atoms.